The molecular weight excluding hydrogens is 554 g/mol. The van der Waals surface area contributed by atoms with E-state index in [1.165, 1.54) is 76.3 Å². The minimum absolute atomic E-state index is 0.266. The fourth-order valence-corrected chi connectivity index (χ4v) is 10.6. The van der Waals surface area contributed by atoms with Gasteiger partial charge in [-0.05, 0) is 112 Å². The van der Waals surface area contributed by atoms with E-state index in [9.17, 15) is 0 Å². The van der Waals surface area contributed by atoms with Crippen LogP contribution in [-0.2, 0) is 6.42 Å². The zero-order valence-electron chi connectivity index (χ0n) is 28.7. The highest BCUT2D eigenvalue weighted by Gasteiger charge is 2.50. The summed E-state index contributed by atoms with van der Waals surface area (Å²) in [6, 6.07) is 12.6. The van der Waals surface area contributed by atoms with Crippen molar-refractivity contribution < 1.29 is 0 Å². The van der Waals surface area contributed by atoms with E-state index in [4.69, 9.17) is 11.1 Å². The standard InChI is InChI=1S/C38H63N7/c1-4-9-33(42-26-38-19-30-15-31(20-38)17-32(16-30)21-38)23-44(27-39)36(18-29-10-6-5-7-11-29)24-43-13-8-12-34(43)25-45-35(14-28(2)3)22-41-37(45)40/h5-7,10-11,27-28,30-36,39,42H,4,8-9,12-26H2,1-3H3,(H2,40,41)/t30?,31?,32?,33-,34+,35-,36-,38?/m1/s1. The average Bonchev–Trinajstić information content (AvgIpc) is 3.59. The number of guanidine groups is 1. The summed E-state index contributed by atoms with van der Waals surface area (Å²) in [5, 5.41) is 12.8. The van der Waals surface area contributed by atoms with Crippen LogP contribution in [0, 0.1) is 34.5 Å². The van der Waals surface area contributed by atoms with Crippen LogP contribution >= 0.6 is 0 Å². The van der Waals surface area contributed by atoms with Gasteiger partial charge in [-0.3, -0.25) is 15.3 Å². The molecule has 45 heavy (non-hydrogen) atoms. The van der Waals surface area contributed by atoms with Crippen LogP contribution in [0.4, 0.5) is 0 Å². The van der Waals surface area contributed by atoms with E-state index in [-0.39, 0.29) is 6.04 Å². The molecule has 4 bridgehead atoms. The maximum absolute atomic E-state index is 8.69. The number of nitrogens with zero attached hydrogens (tertiary/aromatic N) is 4. The highest BCUT2D eigenvalue weighted by atomic mass is 15.4. The van der Waals surface area contributed by atoms with Crippen LogP contribution in [0.1, 0.15) is 97.0 Å². The Bertz CT molecular complexity index is 1080. The second-order valence-corrected chi connectivity index (χ2v) is 16.4. The Labute approximate surface area is 274 Å². The van der Waals surface area contributed by atoms with Gasteiger partial charge >= 0.3 is 0 Å². The largest absolute Gasteiger partial charge is 0.370 e. The number of likely N-dealkylation sites (tertiary alicyclic amines) is 1. The third-order valence-corrected chi connectivity index (χ3v) is 12.2. The second kappa shape index (κ2) is 14.8. The highest BCUT2D eigenvalue weighted by Crippen LogP contribution is 2.59. The zero-order valence-corrected chi connectivity index (χ0v) is 28.7. The fourth-order valence-electron chi connectivity index (χ4n) is 10.6. The molecule has 4 saturated carbocycles. The molecule has 0 aromatic heterocycles. The molecule has 1 saturated heterocycles. The Hall–Kier alpha value is -2.12. The minimum atomic E-state index is 0.266. The molecule has 4 aliphatic carbocycles. The Morgan fingerprint density at radius 1 is 1.09 bits per heavy atom. The molecule has 0 unspecified atom stereocenters. The van der Waals surface area contributed by atoms with Crippen LogP contribution in [0.5, 0.6) is 0 Å². The quantitative estimate of drug-likeness (QED) is 0.148. The van der Waals surface area contributed by atoms with E-state index in [0.29, 0.717) is 29.5 Å². The number of aliphatic imine (C=N–C) groups is 1. The monoisotopic (exact) mass is 618 g/mol. The molecule has 250 valence electrons. The van der Waals surface area contributed by atoms with Gasteiger partial charge in [-0.15, -0.1) is 0 Å². The molecule has 4 N–H and O–H groups in total. The normalized spacial score (nSPS) is 32.3. The van der Waals surface area contributed by atoms with Gasteiger partial charge in [0.2, 0.25) is 0 Å². The predicted octanol–water partition coefficient (Wildman–Crippen LogP) is 5.99. The summed E-state index contributed by atoms with van der Waals surface area (Å²) >= 11 is 0. The Balaban J connectivity index is 1.13. The zero-order chi connectivity index (χ0) is 31.4. The van der Waals surface area contributed by atoms with E-state index >= 15 is 0 Å². The lowest BCUT2D eigenvalue weighted by Crippen LogP contribution is -2.55. The first kappa shape index (κ1) is 32.8. The molecule has 7 rings (SSSR count). The lowest BCUT2D eigenvalue weighted by atomic mass is 9.49. The molecule has 0 radical (unpaired) electrons. The summed E-state index contributed by atoms with van der Waals surface area (Å²) in [6.45, 7) is 13.0. The van der Waals surface area contributed by atoms with Crippen molar-refractivity contribution in [2.75, 3.05) is 39.3 Å². The first-order chi connectivity index (χ1) is 21.8. The first-order valence-electron chi connectivity index (χ1n) is 18.7. The molecule has 4 atom stereocenters. The number of rotatable bonds is 17. The maximum atomic E-state index is 8.69. The summed E-state index contributed by atoms with van der Waals surface area (Å²) in [4.78, 5) is 12.2. The van der Waals surface area contributed by atoms with E-state index in [2.05, 4.69) is 76.1 Å². The van der Waals surface area contributed by atoms with Crippen molar-refractivity contribution in [2.24, 2.45) is 39.8 Å². The Morgan fingerprint density at radius 2 is 1.80 bits per heavy atom. The van der Waals surface area contributed by atoms with Gasteiger partial charge in [0.25, 0.3) is 0 Å². The number of nitrogens with one attached hydrogen (secondary N) is 2. The van der Waals surface area contributed by atoms with Gasteiger partial charge in [0.1, 0.15) is 0 Å². The van der Waals surface area contributed by atoms with Gasteiger partial charge in [-0.1, -0.05) is 57.5 Å². The maximum Gasteiger partial charge on any atom is 0.191 e. The predicted molar refractivity (Wildman–Crippen MR) is 188 cm³/mol. The van der Waals surface area contributed by atoms with Gasteiger partial charge in [-0.2, -0.15) is 0 Å². The third-order valence-electron chi connectivity index (χ3n) is 12.2. The molecular formula is C38H63N7. The Morgan fingerprint density at radius 3 is 2.44 bits per heavy atom. The van der Waals surface area contributed by atoms with Crippen LogP contribution in [0.2, 0.25) is 0 Å². The van der Waals surface area contributed by atoms with Gasteiger partial charge < -0.3 is 20.9 Å². The first-order valence-corrected chi connectivity index (χ1v) is 18.7. The second-order valence-electron chi connectivity index (χ2n) is 16.4. The van der Waals surface area contributed by atoms with Gasteiger partial charge in [0.05, 0.1) is 18.9 Å². The van der Waals surface area contributed by atoms with Crippen LogP contribution in [0.15, 0.2) is 35.3 Å². The fraction of sp³-hybridized carbons (Fsp3) is 0.789. The van der Waals surface area contributed by atoms with Crippen molar-refractivity contribution in [2.45, 2.75) is 122 Å². The van der Waals surface area contributed by atoms with Crippen LogP contribution in [0.3, 0.4) is 0 Å². The third kappa shape index (κ3) is 8.06. The van der Waals surface area contributed by atoms with Crippen molar-refractivity contribution in [3.63, 3.8) is 0 Å². The summed E-state index contributed by atoms with van der Waals surface area (Å²) in [5.41, 5.74) is 8.37. The number of benzene rings is 1. The minimum Gasteiger partial charge on any atom is -0.370 e. The summed E-state index contributed by atoms with van der Waals surface area (Å²) in [6.07, 6.45) is 17.5. The van der Waals surface area contributed by atoms with E-state index < -0.39 is 0 Å². The number of hydrogen-bond donors (Lipinski definition) is 3. The van der Waals surface area contributed by atoms with Gasteiger partial charge in [0.15, 0.2) is 5.96 Å². The van der Waals surface area contributed by atoms with Crippen LogP contribution in [0.25, 0.3) is 0 Å². The van der Waals surface area contributed by atoms with E-state index in [1.807, 2.05) is 0 Å². The topological polar surface area (TPSA) is 84.0 Å². The molecule has 7 nitrogen and oxygen atoms in total. The Kier molecular flexibility index (Phi) is 10.8. The lowest BCUT2D eigenvalue weighted by molar-refractivity contribution is -0.0528. The smallest absolute Gasteiger partial charge is 0.191 e. The van der Waals surface area contributed by atoms with Crippen molar-refractivity contribution in [1.82, 2.24) is 20.0 Å². The lowest BCUT2D eigenvalue weighted by Gasteiger charge is -2.57. The molecule has 0 spiro atoms. The molecule has 2 heterocycles. The molecule has 1 aromatic rings. The molecule has 1 aromatic carbocycles. The van der Waals surface area contributed by atoms with Gasteiger partial charge in [-0.25, -0.2) is 0 Å². The van der Waals surface area contributed by atoms with Crippen LogP contribution < -0.4 is 11.1 Å². The summed E-state index contributed by atoms with van der Waals surface area (Å²) in [7, 11) is 0. The van der Waals surface area contributed by atoms with E-state index in [1.54, 1.807) is 6.34 Å². The van der Waals surface area contributed by atoms with Crippen LogP contribution in [-0.4, -0.2) is 90.4 Å². The van der Waals surface area contributed by atoms with Crippen molar-refractivity contribution in [3.05, 3.63) is 35.9 Å². The molecule has 7 heteroatoms. The summed E-state index contributed by atoms with van der Waals surface area (Å²) < 4.78 is 0. The summed E-state index contributed by atoms with van der Waals surface area (Å²) in [5.74, 6) is 4.36. The highest BCUT2D eigenvalue weighted by molar-refractivity contribution is 5.80. The van der Waals surface area contributed by atoms with Crippen molar-refractivity contribution in [1.29, 1.82) is 5.41 Å². The average molecular weight is 618 g/mol. The van der Waals surface area contributed by atoms with Gasteiger partial charge in [0, 0.05) is 44.3 Å². The molecule has 5 fully saturated rings. The van der Waals surface area contributed by atoms with Crippen molar-refractivity contribution >= 4 is 12.3 Å². The van der Waals surface area contributed by atoms with Crippen molar-refractivity contribution in [3.8, 4) is 0 Å². The molecule has 6 aliphatic rings. The number of hydrogen-bond acceptors (Lipinski definition) is 6. The SMILES string of the molecule is CCC[C@H](CN(C=N)[C@H](Cc1ccccc1)CN1CCC[C@H]1CN1C(N)=NC[C@H]1CC(C)C)NCC12CC3CC(CC(C3)C1)C2. The van der Waals surface area contributed by atoms with E-state index in [0.717, 1.165) is 69.3 Å². The molecule has 0 amide bonds. The molecule has 2 aliphatic heterocycles. The number of nitrogens with two attached hydrogens (primary N) is 1.